The zero-order chi connectivity index (χ0) is 10.7. The highest BCUT2D eigenvalue weighted by Gasteiger charge is 2.21. The van der Waals surface area contributed by atoms with Crippen LogP contribution in [-0.2, 0) is 6.54 Å². The van der Waals surface area contributed by atoms with Gasteiger partial charge in [0.15, 0.2) is 0 Å². The summed E-state index contributed by atoms with van der Waals surface area (Å²) in [5.41, 5.74) is 0.897. The maximum absolute atomic E-state index is 12.7. The minimum atomic E-state index is -0.259. The third kappa shape index (κ3) is 2.75. The van der Waals surface area contributed by atoms with Gasteiger partial charge in [0.25, 0.3) is 0 Å². The molecule has 1 radical (unpaired) electrons. The second-order valence-corrected chi connectivity index (χ2v) is 3.96. The molecule has 15 heavy (non-hydrogen) atoms. The summed E-state index contributed by atoms with van der Waals surface area (Å²) in [6.45, 7) is 2.79. The van der Waals surface area contributed by atoms with E-state index in [2.05, 4.69) is 5.32 Å². The molecule has 1 aliphatic rings. The van der Waals surface area contributed by atoms with E-state index in [1.165, 1.54) is 12.1 Å². The molecule has 1 heterocycles. The first-order chi connectivity index (χ1) is 7.18. The van der Waals surface area contributed by atoms with Crippen LogP contribution in [0.1, 0.15) is 5.56 Å². The summed E-state index contributed by atoms with van der Waals surface area (Å²) < 4.78 is 12.4. The number of halogens is 1. The van der Waals surface area contributed by atoms with Gasteiger partial charge in [0.2, 0.25) is 0 Å². The molecule has 4 heteroatoms. The Hall–Kier alpha value is -0.970. The maximum atomic E-state index is 12.7. The second-order valence-electron chi connectivity index (χ2n) is 3.96. The van der Waals surface area contributed by atoms with Crippen LogP contribution in [0.15, 0.2) is 24.3 Å². The van der Waals surface area contributed by atoms with Gasteiger partial charge in [-0.25, -0.2) is 9.71 Å². The molecule has 0 saturated carbocycles. The Labute approximate surface area is 88.7 Å². The van der Waals surface area contributed by atoms with Crippen LogP contribution in [0.5, 0.6) is 0 Å². The highest BCUT2D eigenvalue weighted by Crippen LogP contribution is 2.14. The van der Waals surface area contributed by atoms with Crippen molar-refractivity contribution in [1.29, 1.82) is 0 Å². The average Bonchev–Trinajstić information content (AvgIpc) is 2.22. The Bertz CT molecular complexity index is 320. The van der Waals surface area contributed by atoms with Crippen LogP contribution in [0, 0.1) is 11.0 Å². The van der Waals surface area contributed by atoms with Gasteiger partial charge in [-0.05, 0) is 12.1 Å². The van der Waals surface area contributed by atoms with Crippen molar-refractivity contribution in [2.75, 3.05) is 26.2 Å². The van der Waals surface area contributed by atoms with Crippen LogP contribution < -0.4 is 5.32 Å². The lowest BCUT2D eigenvalue weighted by atomic mass is 10.2. The van der Waals surface area contributed by atoms with Gasteiger partial charge in [-0.1, -0.05) is 12.1 Å². The van der Waals surface area contributed by atoms with Crippen LogP contribution in [0.2, 0.25) is 0 Å². The molecule has 0 aromatic heterocycles. The number of rotatable bonds is 2. The molecule has 0 N–H and O–H groups in total. The normalized spacial score (nSPS) is 20.1. The summed E-state index contributed by atoms with van der Waals surface area (Å²) in [5.74, 6) is -0.259. The molecule has 1 fully saturated rings. The largest absolute Gasteiger partial charge is 0.632 e. The average molecular weight is 209 g/mol. The Balaban J connectivity index is 2.03. The van der Waals surface area contributed by atoms with E-state index in [1.807, 2.05) is 0 Å². The molecule has 1 aliphatic heterocycles. The molecule has 1 aromatic carbocycles. The number of piperazine rings is 1. The van der Waals surface area contributed by atoms with Gasteiger partial charge in [-0.2, -0.15) is 0 Å². The first-order valence-electron chi connectivity index (χ1n) is 5.13. The van der Waals surface area contributed by atoms with Crippen molar-refractivity contribution >= 4 is 0 Å². The Kier molecular flexibility index (Phi) is 3.00. The Morgan fingerprint density at radius 3 is 2.40 bits per heavy atom. The van der Waals surface area contributed by atoms with E-state index in [0.29, 0.717) is 32.7 Å². The minimum absolute atomic E-state index is 0.227. The van der Waals surface area contributed by atoms with Gasteiger partial charge < -0.3 is 9.85 Å². The van der Waals surface area contributed by atoms with Crippen molar-refractivity contribution in [1.82, 2.24) is 5.32 Å². The van der Waals surface area contributed by atoms with Crippen molar-refractivity contribution in [3.8, 4) is 0 Å². The lowest BCUT2D eigenvalue weighted by Crippen LogP contribution is -2.52. The number of hydrogen-bond acceptors (Lipinski definition) is 1. The van der Waals surface area contributed by atoms with E-state index >= 15 is 0 Å². The van der Waals surface area contributed by atoms with Gasteiger partial charge in [-0.3, -0.25) is 0 Å². The first-order valence-corrected chi connectivity index (χ1v) is 5.13. The van der Waals surface area contributed by atoms with Crippen molar-refractivity contribution in [2.24, 2.45) is 0 Å². The second kappa shape index (κ2) is 4.26. The standard InChI is InChI=1S/C11H14FN2O/c12-11-3-1-10(2-4-11)9-14(15)7-5-13-6-8-14/h1-4H,5-9H2. The smallest absolute Gasteiger partial charge is 0.123 e. The van der Waals surface area contributed by atoms with E-state index in [4.69, 9.17) is 0 Å². The minimum Gasteiger partial charge on any atom is -0.632 e. The third-order valence-corrected chi connectivity index (χ3v) is 2.72. The third-order valence-electron chi connectivity index (χ3n) is 2.72. The van der Waals surface area contributed by atoms with Crippen molar-refractivity contribution in [3.63, 3.8) is 0 Å². The fraction of sp³-hybridized carbons (Fsp3) is 0.455. The Morgan fingerprint density at radius 2 is 1.80 bits per heavy atom. The zero-order valence-electron chi connectivity index (χ0n) is 8.53. The lowest BCUT2D eigenvalue weighted by Gasteiger charge is -2.45. The molecule has 0 amide bonds. The highest BCUT2D eigenvalue weighted by molar-refractivity contribution is 5.15. The summed E-state index contributed by atoms with van der Waals surface area (Å²) in [6.07, 6.45) is 0. The summed E-state index contributed by atoms with van der Waals surface area (Å²) >= 11 is 0. The van der Waals surface area contributed by atoms with Gasteiger partial charge in [0.05, 0.1) is 26.2 Å². The molecule has 81 valence electrons. The van der Waals surface area contributed by atoms with Gasteiger partial charge in [-0.15, -0.1) is 0 Å². The maximum Gasteiger partial charge on any atom is 0.123 e. The SMILES string of the molecule is [O-][N+]1(Cc2ccc(F)cc2)CC[N]CC1. The molecule has 0 unspecified atom stereocenters. The van der Waals surface area contributed by atoms with E-state index in [1.54, 1.807) is 12.1 Å². The highest BCUT2D eigenvalue weighted by atomic mass is 19.1. The van der Waals surface area contributed by atoms with Crippen LogP contribution in [0.3, 0.4) is 0 Å². The molecule has 0 spiro atoms. The van der Waals surface area contributed by atoms with Crippen LogP contribution in [0.25, 0.3) is 0 Å². The van der Waals surface area contributed by atoms with Crippen molar-refractivity contribution in [3.05, 3.63) is 40.9 Å². The van der Waals surface area contributed by atoms with E-state index in [0.717, 1.165) is 5.56 Å². The number of quaternary nitrogens is 1. The molecule has 1 saturated heterocycles. The zero-order valence-corrected chi connectivity index (χ0v) is 8.53. The molecular weight excluding hydrogens is 195 g/mol. The summed E-state index contributed by atoms with van der Waals surface area (Å²) in [6, 6.07) is 6.16. The first kappa shape index (κ1) is 10.5. The number of hydrogen-bond donors (Lipinski definition) is 0. The topological polar surface area (TPSA) is 37.2 Å². The predicted octanol–water partition coefficient (Wildman–Crippen LogP) is 1.26. The summed E-state index contributed by atoms with van der Waals surface area (Å²) in [7, 11) is 0. The van der Waals surface area contributed by atoms with Crippen LogP contribution in [0.4, 0.5) is 4.39 Å². The summed E-state index contributed by atoms with van der Waals surface area (Å²) in [5, 5.41) is 16.3. The van der Waals surface area contributed by atoms with Crippen molar-refractivity contribution < 1.29 is 9.04 Å². The van der Waals surface area contributed by atoms with Crippen LogP contribution in [-0.4, -0.2) is 30.8 Å². The fourth-order valence-electron chi connectivity index (χ4n) is 1.81. The Morgan fingerprint density at radius 1 is 1.20 bits per heavy atom. The van der Waals surface area contributed by atoms with E-state index in [-0.39, 0.29) is 10.5 Å². The van der Waals surface area contributed by atoms with Crippen LogP contribution >= 0.6 is 0 Å². The predicted molar refractivity (Wildman–Crippen MR) is 55.3 cm³/mol. The lowest BCUT2D eigenvalue weighted by molar-refractivity contribution is -0.895. The number of hydroxylamine groups is 3. The monoisotopic (exact) mass is 209 g/mol. The van der Waals surface area contributed by atoms with Gasteiger partial charge in [0, 0.05) is 5.56 Å². The molecule has 0 bridgehead atoms. The fourth-order valence-corrected chi connectivity index (χ4v) is 1.81. The quantitative estimate of drug-likeness (QED) is 0.533. The van der Waals surface area contributed by atoms with E-state index in [9.17, 15) is 9.60 Å². The number of nitrogens with zero attached hydrogens (tertiary/aromatic N) is 2. The van der Waals surface area contributed by atoms with Crippen molar-refractivity contribution in [2.45, 2.75) is 6.54 Å². The molecule has 3 nitrogen and oxygen atoms in total. The molecular formula is C11H14FN2O. The van der Waals surface area contributed by atoms with Gasteiger partial charge >= 0.3 is 0 Å². The molecule has 1 aromatic rings. The molecule has 2 rings (SSSR count). The van der Waals surface area contributed by atoms with Gasteiger partial charge in [0.1, 0.15) is 12.4 Å². The number of benzene rings is 1. The summed E-state index contributed by atoms with van der Waals surface area (Å²) in [4.78, 5) is 0. The van der Waals surface area contributed by atoms with E-state index < -0.39 is 0 Å². The molecule has 0 aliphatic carbocycles. The molecule has 0 atom stereocenters.